The van der Waals surface area contributed by atoms with E-state index in [-0.39, 0.29) is 6.42 Å². The number of carbonyl (C=O) groups excluding carboxylic acids is 1. The molecule has 0 fully saturated rings. The number of carbonyl (C=O) groups is 2. The van der Waals surface area contributed by atoms with Crippen LogP contribution in [0.4, 0.5) is 4.79 Å². The van der Waals surface area contributed by atoms with Crippen LogP contribution in [0, 0.1) is 0 Å². The summed E-state index contributed by atoms with van der Waals surface area (Å²) in [5.41, 5.74) is 5.87. The highest BCUT2D eigenvalue weighted by atomic mass is 16.6. The summed E-state index contributed by atoms with van der Waals surface area (Å²) in [6.45, 7) is 5.28. The number of nitrogens with two attached hydrogens (primary N) is 1. The third kappa shape index (κ3) is 3.59. The quantitative estimate of drug-likeness (QED) is 0.873. The number of pyridine rings is 1. The molecular weight excluding hydrogens is 288 g/mol. The molecule has 0 saturated heterocycles. The van der Waals surface area contributed by atoms with Gasteiger partial charge in [0.1, 0.15) is 11.6 Å². The summed E-state index contributed by atoms with van der Waals surface area (Å²) in [6, 6.07) is 0.707. The van der Waals surface area contributed by atoms with Crippen LogP contribution in [-0.4, -0.2) is 43.6 Å². The van der Waals surface area contributed by atoms with Crippen molar-refractivity contribution in [2.24, 2.45) is 5.73 Å². The summed E-state index contributed by atoms with van der Waals surface area (Å²) in [5.74, 6) is -1.08. The number of aromatic nitrogens is 3. The van der Waals surface area contributed by atoms with Crippen LogP contribution < -0.4 is 5.73 Å². The molecule has 0 unspecified atom stereocenters. The van der Waals surface area contributed by atoms with E-state index in [4.69, 9.17) is 15.6 Å². The van der Waals surface area contributed by atoms with Crippen molar-refractivity contribution >= 4 is 23.1 Å². The summed E-state index contributed by atoms with van der Waals surface area (Å²) >= 11 is 0. The zero-order valence-corrected chi connectivity index (χ0v) is 12.6. The Bertz CT molecular complexity index is 717. The van der Waals surface area contributed by atoms with Gasteiger partial charge >= 0.3 is 12.1 Å². The average molecular weight is 306 g/mol. The number of aliphatic carboxylic acids is 1. The van der Waals surface area contributed by atoms with Gasteiger partial charge in [0.05, 0.1) is 6.20 Å². The van der Waals surface area contributed by atoms with E-state index in [1.807, 2.05) is 0 Å². The lowest BCUT2D eigenvalue weighted by Gasteiger charge is -2.18. The first kappa shape index (κ1) is 15.9. The molecule has 22 heavy (non-hydrogen) atoms. The van der Waals surface area contributed by atoms with E-state index < -0.39 is 23.7 Å². The Kier molecular flexibility index (Phi) is 4.14. The smallest absolute Gasteiger partial charge is 0.437 e. The number of hydrogen-bond donors (Lipinski definition) is 2. The zero-order valence-electron chi connectivity index (χ0n) is 12.6. The molecule has 0 bridgehead atoms. The van der Waals surface area contributed by atoms with Gasteiger partial charge in [-0.2, -0.15) is 5.10 Å². The molecule has 8 nitrogen and oxygen atoms in total. The maximum atomic E-state index is 12.0. The fourth-order valence-corrected chi connectivity index (χ4v) is 1.86. The van der Waals surface area contributed by atoms with Gasteiger partial charge in [0.25, 0.3) is 0 Å². The van der Waals surface area contributed by atoms with Crippen LogP contribution in [0.5, 0.6) is 0 Å². The minimum absolute atomic E-state index is 0.149. The molecule has 2 rings (SSSR count). The highest BCUT2D eigenvalue weighted by molar-refractivity contribution is 5.85. The second-order valence-corrected chi connectivity index (χ2v) is 5.94. The summed E-state index contributed by atoms with van der Waals surface area (Å²) in [6.07, 6.45) is 2.48. The van der Waals surface area contributed by atoms with E-state index in [9.17, 15) is 9.59 Å². The number of carboxylic acids is 1. The topological polar surface area (TPSA) is 120 Å². The maximum Gasteiger partial charge on any atom is 0.437 e. The highest BCUT2D eigenvalue weighted by Crippen LogP contribution is 2.16. The Hall–Kier alpha value is -2.48. The average Bonchev–Trinajstić information content (AvgIpc) is 2.79. The molecule has 0 aliphatic rings. The van der Waals surface area contributed by atoms with Gasteiger partial charge in [-0.1, -0.05) is 0 Å². The van der Waals surface area contributed by atoms with E-state index in [1.165, 1.54) is 12.4 Å². The van der Waals surface area contributed by atoms with Gasteiger partial charge in [0, 0.05) is 11.6 Å². The second kappa shape index (κ2) is 5.72. The molecule has 0 saturated carbocycles. The van der Waals surface area contributed by atoms with Crippen molar-refractivity contribution < 1.29 is 19.4 Å². The van der Waals surface area contributed by atoms with Gasteiger partial charge in [-0.3, -0.25) is 4.79 Å². The van der Waals surface area contributed by atoms with Crippen LogP contribution in [0.15, 0.2) is 18.5 Å². The second-order valence-electron chi connectivity index (χ2n) is 5.94. The largest absolute Gasteiger partial charge is 0.480 e. The molecule has 8 heteroatoms. The molecule has 3 N–H and O–H groups in total. The minimum atomic E-state index is -1.08. The van der Waals surface area contributed by atoms with E-state index in [1.54, 1.807) is 26.8 Å². The van der Waals surface area contributed by atoms with Crippen LogP contribution in [0.25, 0.3) is 11.0 Å². The van der Waals surface area contributed by atoms with Crippen molar-refractivity contribution in [3.63, 3.8) is 0 Å². The molecule has 0 aliphatic heterocycles. The molecule has 2 aromatic rings. The van der Waals surface area contributed by atoms with E-state index >= 15 is 0 Å². The minimum Gasteiger partial charge on any atom is -0.480 e. The van der Waals surface area contributed by atoms with Gasteiger partial charge in [-0.05, 0) is 38.8 Å². The van der Waals surface area contributed by atoms with Crippen molar-refractivity contribution in [2.75, 3.05) is 0 Å². The number of fused-ring (bicyclic) bond motifs is 1. The summed E-state index contributed by atoms with van der Waals surface area (Å²) in [7, 11) is 0. The van der Waals surface area contributed by atoms with Crippen molar-refractivity contribution in [3.8, 4) is 0 Å². The lowest BCUT2D eigenvalue weighted by molar-refractivity contribution is -0.138. The standard InChI is InChI=1S/C14H18N4O4/c1-14(2,3)22-13(21)18-11-9(7-17-18)4-8(6-16-11)5-10(15)12(19)20/h4,6-7,10H,5,15H2,1-3H3,(H,19,20)/t10-/m0/s1. The lowest BCUT2D eigenvalue weighted by atomic mass is 10.1. The van der Waals surface area contributed by atoms with Crippen molar-refractivity contribution in [2.45, 2.75) is 38.8 Å². The van der Waals surface area contributed by atoms with Gasteiger partial charge in [0.2, 0.25) is 0 Å². The first-order chi connectivity index (χ1) is 10.2. The third-order valence-electron chi connectivity index (χ3n) is 2.80. The number of rotatable bonds is 3. The van der Waals surface area contributed by atoms with Gasteiger partial charge in [-0.15, -0.1) is 4.68 Å². The molecule has 0 aromatic carbocycles. The summed E-state index contributed by atoms with van der Waals surface area (Å²) in [4.78, 5) is 27.0. The Morgan fingerprint density at radius 1 is 1.41 bits per heavy atom. The number of hydrogen-bond acceptors (Lipinski definition) is 6. The number of nitrogens with zero attached hydrogens (tertiary/aromatic N) is 3. The van der Waals surface area contributed by atoms with Crippen LogP contribution >= 0.6 is 0 Å². The first-order valence-corrected chi connectivity index (χ1v) is 6.72. The molecule has 0 radical (unpaired) electrons. The van der Waals surface area contributed by atoms with E-state index in [0.717, 1.165) is 4.68 Å². The van der Waals surface area contributed by atoms with Crippen LogP contribution in [0.3, 0.4) is 0 Å². The number of ether oxygens (including phenoxy) is 1. The Labute approximate surface area is 126 Å². The van der Waals surface area contributed by atoms with Gasteiger partial charge in [-0.25, -0.2) is 9.78 Å². The maximum absolute atomic E-state index is 12.0. The molecule has 1 atom stereocenters. The fraction of sp³-hybridized carbons (Fsp3) is 0.429. The van der Waals surface area contributed by atoms with Crippen LogP contribution in [-0.2, 0) is 16.0 Å². The molecule has 0 aliphatic carbocycles. The molecule has 2 aromatic heterocycles. The highest BCUT2D eigenvalue weighted by Gasteiger charge is 2.21. The molecule has 2 heterocycles. The lowest BCUT2D eigenvalue weighted by Crippen LogP contribution is -2.32. The molecule has 0 spiro atoms. The molecular formula is C14H18N4O4. The van der Waals surface area contributed by atoms with Crippen LogP contribution in [0.1, 0.15) is 26.3 Å². The first-order valence-electron chi connectivity index (χ1n) is 6.72. The van der Waals surface area contributed by atoms with Gasteiger partial charge < -0.3 is 15.6 Å². The number of carboxylic acid groups (broad SMARTS) is 1. The van der Waals surface area contributed by atoms with Crippen molar-refractivity contribution in [1.82, 2.24) is 14.8 Å². The van der Waals surface area contributed by atoms with Crippen LogP contribution in [0.2, 0.25) is 0 Å². The van der Waals surface area contributed by atoms with Crippen molar-refractivity contribution in [3.05, 3.63) is 24.0 Å². The Morgan fingerprint density at radius 3 is 2.68 bits per heavy atom. The Morgan fingerprint density at radius 2 is 2.09 bits per heavy atom. The van der Waals surface area contributed by atoms with E-state index in [2.05, 4.69) is 10.1 Å². The third-order valence-corrected chi connectivity index (χ3v) is 2.80. The normalized spacial score (nSPS) is 13.1. The summed E-state index contributed by atoms with van der Waals surface area (Å²) < 4.78 is 6.31. The van der Waals surface area contributed by atoms with E-state index in [0.29, 0.717) is 16.6 Å². The SMILES string of the molecule is CC(C)(C)OC(=O)n1ncc2cc(C[C@H](N)C(=O)O)cnc21. The van der Waals surface area contributed by atoms with Gasteiger partial charge in [0.15, 0.2) is 5.65 Å². The molecule has 118 valence electrons. The predicted molar refractivity (Wildman–Crippen MR) is 78.5 cm³/mol. The predicted octanol–water partition coefficient (Wildman–Crippen LogP) is 1.17. The molecule has 0 amide bonds. The fourth-order valence-electron chi connectivity index (χ4n) is 1.86. The Balaban J connectivity index is 2.27. The van der Waals surface area contributed by atoms with Crippen molar-refractivity contribution in [1.29, 1.82) is 0 Å². The zero-order chi connectivity index (χ0) is 16.5. The monoisotopic (exact) mass is 306 g/mol. The summed E-state index contributed by atoms with van der Waals surface area (Å²) in [5, 5.41) is 13.4.